The molecule has 0 atom stereocenters. The molecule has 2 aromatic rings. The summed E-state index contributed by atoms with van der Waals surface area (Å²) in [5, 5.41) is 2.94. The van der Waals surface area contributed by atoms with Crippen molar-refractivity contribution in [1.29, 1.82) is 0 Å². The number of halogens is 5. The average molecular weight is 456 g/mol. The van der Waals surface area contributed by atoms with Gasteiger partial charge in [-0.2, -0.15) is 0 Å². The van der Waals surface area contributed by atoms with Crippen molar-refractivity contribution < 1.29 is 8.78 Å². The van der Waals surface area contributed by atoms with Gasteiger partial charge in [0.25, 0.3) is 0 Å². The Morgan fingerprint density at radius 3 is 2.26 bits per heavy atom. The number of rotatable bonds is 3. The molecule has 6 heteroatoms. The Hall–Kier alpha value is -0.460. The van der Waals surface area contributed by atoms with E-state index in [0.29, 0.717) is 6.54 Å². The van der Waals surface area contributed by atoms with Crippen LogP contribution >= 0.6 is 47.8 Å². The van der Waals surface area contributed by atoms with Gasteiger partial charge in [-0.15, -0.1) is 0 Å². The molecule has 0 aromatic heterocycles. The van der Waals surface area contributed by atoms with Gasteiger partial charge in [0.05, 0.1) is 10.2 Å². The van der Waals surface area contributed by atoms with E-state index in [1.807, 2.05) is 18.2 Å². The lowest BCUT2D eigenvalue weighted by Gasteiger charge is -2.09. The normalized spacial score (nSPS) is 10.6. The third kappa shape index (κ3) is 3.77. The lowest BCUT2D eigenvalue weighted by molar-refractivity contribution is 0.580. The number of hydrogen-bond donors (Lipinski definition) is 1. The number of hydrogen-bond acceptors (Lipinski definition) is 1. The van der Waals surface area contributed by atoms with Gasteiger partial charge in [0.2, 0.25) is 0 Å². The second-order valence-corrected chi connectivity index (χ2v) is 6.41. The van der Waals surface area contributed by atoms with Gasteiger partial charge in [0.1, 0.15) is 11.6 Å². The predicted molar refractivity (Wildman–Crippen MR) is 83.2 cm³/mol. The molecule has 1 N–H and O–H groups in total. The molecule has 0 spiro atoms. The Morgan fingerprint density at radius 2 is 1.58 bits per heavy atom. The van der Waals surface area contributed by atoms with E-state index in [9.17, 15) is 8.78 Å². The number of nitrogens with one attached hydrogen (secondary N) is 1. The van der Waals surface area contributed by atoms with Gasteiger partial charge in [0, 0.05) is 21.6 Å². The Balaban J connectivity index is 2.14. The van der Waals surface area contributed by atoms with Crippen LogP contribution in [0.4, 0.5) is 14.5 Å². The standard InChI is InChI=1S/C13H8Br3F2N/c14-8-2-1-7(3-9(8)15)6-19-13-4-10(16)11(17)5-12(13)18/h1-5,19H,6H2. The third-order valence-electron chi connectivity index (χ3n) is 2.48. The second kappa shape index (κ2) is 6.33. The fourth-order valence-electron chi connectivity index (χ4n) is 1.50. The van der Waals surface area contributed by atoms with Crippen LogP contribution in [0.5, 0.6) is 0 Å². The molecular formula is C13H8Br3F2N. The molecule has 0 saturated carbocycles. The summed E-state index contributed by atoms with van der Waals surface area (Å²) in [6, 6.07) is 7.98. The van der Waals surface area contributed by atoms with Gasteiger partial charge in [-0.05, 0) is 71.6 Å². The van der Waals surface area contributed by atoms with Gasteiger partial charge in [-0.1, -0.05) is 6.07 Å². The van der Waals surface area contributed by atoms with Crippen LogP contribution in [-0.2, 0) is 6.54 Å². The largest absolute Gasteiger partial charge is 0.379 e. The summed E-state index contributed by atoms with van der Waals surface area (Å²) in [4.78, 5) is 0. The van der Waals surface area contributed by atoms with Crippen LogP contribution in [0.2, 0.25) is 0 Å². The van der Waals surface area contributed by atoms with Gasteiger partial charge in [-0.3, -0.25) is 0 Å². The number of anilines is 1. The van der Waals surface area contributed by atoms with Crippen molar-refractivity contribution in [2.24, 2.45) is 0 Å². The zero-order valence-corrected chi connectivity index (χ0v) is 14.2. The molecule has 0 saturated heterocycles. The van der Waals surface area contributed by atoms with Crippen molar-refractivity contribution in [1.82, 2.24) is 0 Å². The van der Waals surface area contributed by atoms with Crippen LogP contribution in [0.1, 0.15) is 5.56 Å². The van der Waals surface area contributed by atoms with E-state index in [0.717, 1.165) is 20.6 Å². The zero-order chi connectivity index (χ0) is 14.0. The highest BCUT2D eigenvalue weighted by atomic mass is 79.9. The maximum Gasteiger partial charge on any atom is 0.149 e. The molecule has 2 aromatic carbocycles. The van der Waals surface area contributed by atoms with Crippen LogP contribution in [0.3, 0.4) is 0 Å². The first-order valence-electron chi connectivity index (χ1n) is 5.29. The SMILES string of the molecule is Fc1cc(F)c(NCc2ccc(Br)c(Br)c2)cc1Br. The monoisotopic (exact) mass is 453 g/mol. The highest BCUT2D eigenvalue weighted by Crippen LogP contribution is 2.26. The highest BCUT2D eigenvalue weighted by molar-refractivity contribution is 9.13. The first-order chi connectivity index (χ1) is 8.97. The van der Waals surface area contributed by atoms with Gasteiger partial charge in [0.15, 0.2) is 0 Å². The molecule has 0 aliphatic rings. The molecule has 0 unspecified atom stereocenters. The molecule has 100 valence electrons. The van der Waals surface area contributed by atoms with Crippen molar-refractivity contribution in [2.75, 3.05) is 5.32 Å². The first kappa shape index (κ1) is 14.9. The van der Waals surface area contributed by atoms with Crippen LogP contribution in [0.25, 0.3) is 0 Å². The van der Waals surface area contributed by atoms with Crippen molar-refractivity contribution >= 4 is 53.5 Å². The molecule has 0 aliphatic heterocycles. The average Bonchev–Trinajstić information content (AvgIpc) is 2.36. The number of benzene rings is 2. The summed E-state index contributed by atoms with van der Waals surface area (Å²) in [5.74, 6) is -1.23. The molecule has 19 heavy (non-hydrogen) atoms. The smallest absolute Gasteiger partial charge is 0.149 e. The molecule has 2 rings (SSSR count). The molecule has 0 bridgehead atoms. The second-order valence-electron chi connectivity index (χ2n) is 3.85. The lowest BCUT2D eigenvalue weighted by atomic mass is 10.2. The van der Waals surface area contributed by atoms with E-state index < -0.39 is 11.6 Å². The van der Waals surface area contributed by atoms with E-state index in [1.54, 1.807) is 0 Å². The summed E-state index contributed by atoms with van der Waals surface area (Å²) in [6.45, 7) is 0.445. The summed E-state index contributed by atoms with van der Waals surface area (Å²) in [7, 11) is 0. The van der Waals surface area contributed by atoms with Gasteiger partial charge < -0.3 is 5.32 Å². The van der Waals surface area contributed by atoms with Crippen LogP contribution < -0.4 is 5.32 Å². The van der Waals surface area contributed by atoms with E-state index in [-0.39, 0.29) is 10.2 Å². The molecule has 1 nitrogen and oxygen atoms in total. The summed E-state index contributed by atoms with van der Waals surface area (Å²) < 4.78 is 28.7. The molecule has 0 fully saturated rings. The third-order valence-corrected chi connectivity index (χ3v) is 4.96. The fraction of sp³-hybridized carbons (Fsp3) is 0.0769. The van der Waals surface area contributed by atoms with Crippen LogP contribution in [0, 0.1) is 11.6 Å². The first-order valence-corrected chi connectivity index (χ1v) is 7.67. The minimum Gasteiger partial charge on any atom is -0.379 e. The summed E-state index contributed by atoms with van der Waals surface area (Å²) >= 11 is 9.81. The van der Waals surface area contributed by atoms with E-state index in [2.05, 4.69) is 53.1 Å². The van der Waals surface area contributed by atoms with Crippen LogP contribution in [-0.4, -0.2) is 0 Å². The van der Waals surface area contributed by atoms with E-state index in [4.69, 9.17) is 0 Å². The Kier molecular flexibility index (Phi) is 4.97. The van der Waals surface area contributed by atoms with Crippen molar-refractivity contribution in [3.63, 3.8) is 0 Å². The minimum atomic E-state index is -0.616. The molecule has 0 heterocycles. The molecule has 0 aliphatic carbocycles. The summed E-state index contributed by atoms with van der Waals surface area (Å²) in [5.41, 5.74) is 1.24. The van der Waals surface area contributed by atoms with Gasteiger partial charge >= 0.3 is 0 Å². The van der Waals surface area contributed by atoms with Crippen molar-refractivity contribution in [3.8, 4) is 0 Å². The maximum atomic E-state index is 13.5. The Bertz CT molecular complexity index is 617. The topological polar surface area (TPSA) is 12.0 Å². The molecule has 0 radical (unpaired) electrons. The lowest BCUT2D eigenvalue weighted by Crippen LogP contribution is -2.02. The van der Waals surface area contributed by atoms with E-state index >= 15 is 0 Å². The van der Waals surface area contributed by atoms with Crippen molar-refractivity contribution in [2.45, 2.75) is 6.54 Å². The molecular weight excluding hydrogens is 448 g/mol. The van der Waals surface area contributed by atoms with Gasteiger partial charge in [-0.25, -0.2) is 8.78 Å². The van der Waals surface area contributed by atoms with Crippen molar-refractivity contribution in [3.05, 3.63) is 60.9 Å². The van der Waals surface area contributed by atoms with E-state index in [1.165, 1.54) is 6.07 Å². The Labute approximate surface area is 134 Å². The fourth-order valence-corrected chi connectivity index (χ4v) is 2.52. The summed E-state index contributed by atoms with van der Waals surface area (Å²) in [6.07, 6.45) is 0. The maximum absolute atomic E-state index is 13.5. The minimum absolute atomic E-state index is 0.230. The molecule has 0 amide bonds. The quantitative estimate of drug-likeness (QED) is 0.571. The predicted octanol–water partition coefficient (Wildman–Crippen LogP) is 5.86. The highest BCUT2D eigenvalue weighted by Gasteiger charge is 2.08. The van der Waals surface area contributed by atoms with Crippen LogP contribution in [0.15, 0.2) is 43.7 Å². The Morgan fingerprint density at radius 1 is 0.842 bits per heavy atom. The zero-order valence-electron chi connectivity index (χ0n) is 9.48.